The van der Waals surface area contributed by atoms with Gasteiger partial charge in [0.25, 0.3) is 5.56 Å². The van der Waals surface area contributed by atoms with Gasteiger partial charge in [0.05, 0.1) is 16.3 Å². The van der Waals surface area contributed by atoms with Crippen molar-refractivity contribution in [3.8, 4) is 0 Å². The smallest absolute Gasteiger partial charge is 0.268 e. The van der Waals surface area contributed by atoms with Gasteiger partial charge in [-0.2, -0.15) is 0 Å². The number of hydrogen-bond donors (Lipinski definition) is 0. The number of carbonyl (C=O) groups is 1. The average Bonchev–Trinajstić information content (AvgIpc) is 2.94. The maximum Gasteiger partial charge on any atom is 0.268 e. The van der Waals surface area contributed by atoms with E-state index in [0.717, 1.165) is 17.0 Å². The summed E-state index contributed by atoms with van der Waals surface area (Å²) in [7, 11) is 0. The summed E-state index contributed by atoms with van der Waals surface area (Å²) in [5.41, 5.74) is 1.60. The van der Waals surface area contributed by atoms with Gasteiger partial charge in [-0.05, 0) is 6.92 Å². The zero-order chi connectivity index (χ0) is 16.4. The molecule has 1 aliphatic heterocycles. The molecule has 1 aromatic carbocycles. The Hall–Kier alpha value is -1.53. The third-order valence-electron chi connectivity index (χ3n) is 3.71. The second-order valence-electron chi connectivity index (χ2n) is 5.43. The predicted molar refractivity (Wildman–Crippen MR) is 94.7 cm³/mol. The first-order valence-corrected chi connectivity index (χ1v) is 9.48. The Balaban J connectivity index is 1.83. The molecule has 0 unspecified atom stereocenters. The number of fused-ring (bicyclic) bond motifs is 1. The van der Waals surface area contributed by atoms with Crippen LogP contribution >= 0.6 is 23.5 Å². The summed E-state index contributed by atoms with van der Waals surface area (Å²) in [5, 5.41) is 1.04. The molecule has 0 radical (unpaired) electrons. The fourth-order valence-corrected chi connectivity index (χ4v) is 4.65. The van der Waals surface area contributed by atoms with E-state index in [4.69, 9.17) is 0 Å². The molecule has 0 bridgehead atoms. The zero-order valence-electron chi connectivity index (χ0n) is 13.1. The minimum absolute atomic E-state index is 0.0292. The third-order valence-corrected chi connectivity index (χ3v) is 5.90. The molecular weight excluding hydrogens is 328 g/mol. The maximum atomic E-state index is 12.6. The molecule has 1 atom stereocenters. The summed E-state index contributed by atoms with van der Waals surface area (Å²) >= 11 is 2.95. The van der Waals surface area contributed by atoms with Crippen LogP contribution in [-0.2, 0) is 13.0 Å². The van der Waals surface area contributed by atoms with E-state index in [0.29, 0.717) is 22.5 Å². The van der Waals surface area contributed by atoms with Crippen LogP contribution in [0.25, 0.3) is 0 Å². The summed E-state index contributed by atoms with van der Waals surface area (Å²) in [6, 6.07) is 9.21. The van der Waals surface area contributed by atoms with Crippen molar-refractivity contribution >= 4 is 29.3 Å². The van der Waals surface area contributed by atoms with E-state index in [1.807, 2.05) is 37.3 Å². The molecule has 0 N–H and O–H groups in total. The van der Waals surface area contributed by atoms with Gasteiger partial charge in [0.1, 0.15) is 0 Å². The minimum Gasteiger partial charge on any atom is -0.293 e. The molecule has 0 saturated heterocycles. The molecule has 1 aliphatic rings. The van der Waals surface area contributed by atoms with Crippen molar-refractivity contribution in [3.05, 3.63) is 51.9 Å². The van der Waals surface area contributed by atoms with E-state index in [1.54, 1.807) is 16.3 Å². The average molecular weight is 346 g/mol. The van der Waals surface area contributed by atoms with Gasteiger partial charge in [-0.25, -0.2) is 4.98 Å². The number of rotatable bonds is 5. The highest BCUT2D eigenvalue weighted by molar-refractivity contribution is 8.00. The summed E-state index contributed by atoms with van der Waals surface area (Å²) in [6.45, 7) is 4.60. The third kappa shape index (κ3) is 3.38. The number of aromatic nitrogens is 2. The van der Waals surface area contributed by atoms with Crippen LogP contribution in [0.15, 0.2) is 45.2 Å². The molecule has 1 aromatic heterocycles. The van der Waals surface area contributed by atoms with E-state index in [2.05, 4.69) is 11.9 Å². The monoisotopic (exact) mass is 346 g/mol. The lowest BCUT2D eigenvalue weighted by Crippen LogP contribution is -2.24. The SMILES string of the molecule is CCn1c(SCC(=O)c2ccccc2)nc2c(c1=O)S[C@H](C)C2. The molecule has 4 nitrogen and oxygen atoms in total. The first-order valence-electron chi connectivity index (χ1n) is 7.61. The van der Waals surface area contributed by atoms with Crippen LogP contribution in [0.5, 0.6) is 0 Å². The normalized spacial score (nSPS) is 16.3. The van der Waals surface area contributed by atoms with Gasteiger partial charge in [0.15, 0.2) is 10.9 Å². The van der Waals surface area contributed by atoms with E-state index in [9.17, 15) is 9.59 Å². The zero-order valence-corrected chi connectivity index (χ0v) is 14.7. The van der Waals surface area contributed by atoms with E-state index >= 15 is 0 Å². The van der Waals surface area contributed by atoms with Crippen LogP contribution < -0.4 is 5.56 Å². The molecule has 23 heavy (non-hydrogen) atoms. The molecule has 0 fully saturated rings. The lowest BCUT2D eigenvalue weighted by atomic mass is 10.2. The van der Waals surface area contributed by atoms with Gasteiger partial charge in [-0.15, -0.1) is 11.8 Å². The number of benzene rings is 1. The molecule has 0 amide bonds. The van der Waals surface area contributed by atoms with E-state index < -0.39 is 0 Å². The number of thioether (sulfide) groups is 2. The van der Waals surface area contributed by atoms with Crippen LogP contribution in [0.2, 0.25) is 0 Å². The van der Waals surface area contributed by atoms with Gasteiger partial charge < -0.3 is 0 Å². The Morgan fingerprint density at radius 3 is 2.83 bits per heavy atom. The second kappa shape index (κ2) is 6.93. The molecule has 2 aromatic rings. The second-order valence-corrected chi connectivity index (χ2v) is 7.82. The summed E-state index contributed by atoms with van der Waals surface area (Å²) in [5.74, 6) is 0.341. The Morgan fingerprint density at radius 2 is 2.13 bits per heavy atom. The molecular formula is C17H18N2O2S2. The summed E-state index contributed by atoms with van der Waals surface area (Å²) in [4.78, 5) is 30.3. The Morgan fingerprint density at radius 1 is 1.39 bits per heavy atom. The maximum absolute atomic E-state index is 12.6. The molecule has 3 rings (SSSR count). The predicted octanol–water partition coefficient (Wildman–Crippen LogP) is 3.27. The minimum atomic E-state index is 0.0292. The highest BCUT2D eigenvalue weighted by atomic mass is 32.2. The molecule has 6 heteroatoms. The van der Waals surface area contributed by atoms with Gasteiger partial charge in [-0.3, -0.25) is 14.2 Å². The van der Waals surface area contributed by atoms with Crippen molar-refractivity contribution < 1.29 is 4.79 Å². The molecule has 2 heterocycles. The number of Topliss-reactive ketones (excluding diaryl/α,β-unsaturated/α-hetero) is 1. The fourth-order valence-electron chi connectivity index (χ4n) is 2.56. The van der Waals surface area contributed by atoms with Crippen molar-refractivity contribution in [2.75, 3.05) is 5.75 Å². The van der Waals surface area contributed by atoms with Crippen LogP contribution in [0.1, 0.15) is 29.9 Å². The van der Waals surface area contributed by atoms with Gasteiger partial charge in [-0.1, -0.05) is 49.0 Å². The Bertz CT molecular complexity index is 787. The molecule has 0 saturated carbocycles. The van der Waals surface area contributed by atoms with Gasteiger partial charge in [0.2, 0.25) is 0 Å². The number of hydrogen-bond acceptors (Lipinski definition) is 5. The van der Waals surface area contributed by atoms with Gasteiger partial charge >= 0.3 is 0 Å². The summed E-state index contributed by atoms with van der Waals surface area (Å²) in [6.07, 6.45) is 0.819. The van der Waals surface area contributed by atoms with Crippen LogP contribution in [0.3, 0.4) is 0 Å². The first kappa shape index (κ1) is 16.3. The van der Waals surface area contributed by atoms with E-state index in [-0.39, 0.29) is 17.1 Å². The fraction of sp³-hybridized carbons (Fsp3) is 0.353. The van der Waals surface area contributed by atoms with Crippen molar-refractivity contribution in [3.63, 3.8) is 0 Å². The molecule has 0 spiro atoms. The Labute approximate surface area is 143 Å². The number of nitrogens with zero attached hydrogens (tertiary/aromatic N) is 2. The highest BCUT2D eigenvalue weighted by Crippen LogP contribution is 2.34. The van der Waals surface area contributed by atoms with Crippen LogP contribution in [0.4, 0.5) is 0 Å². The number of ketones is 1. The van der Waals surface area contributed by atoms with Crippen molar-refractivity contribution in [1.82, 2.24) is 9.55 Å². The molecule has 120 valence electrons. The quantitative estimate of drug-likeness (QED) is 0.472. The van der Waals surface area contributed by atoms with Crippen LogP contribution in [0, 0.1) is 0 Å². The van der Waals surface area contributed by atoms with Crippen LogP contribution in [-0.4, -0.2) is 26.3 Å². The number of carbonyl (C=O) groups excluding carboxylic acids is 1. The van der Waals surface area contributed by atoms with Crippen molar-refractivity contribution in [2.45, 2.75) is 42.1 Å². The van der Waals surface area contributed by atoms with Crippen molar-refractivity contribution in [1.29, 1.82) is 0 Å². The van der Waals surface area contributed by atoms with Crippen molar-refractivity contribution in [2.24, 2.45) is 0 Å². The standard InChI is InChI=1S/C17H18N2O2S2/c1-3-19-16(21)15-13(9-11(2)23-15)18-17(19)22-10-14(20)12-7-5-4-6-8-12/h4-8,11H,3,9-10H2,1-2H3/t11-/m1/s1. The largest absolute Gasteiger partial charge is 0.293 e. The lowest BCUT2D eigenvalue weighted by molar-refractivity contribution is 0.102. The Kier molecular flexibility index (Phi) is 4.92. The van der Waals surface area contributed by atoms with Gasteiger partial charge in [0, 0.05) is 23.8 Å². The highest BCUT2D eigenvalue weighted by Gasteiger charge is 2.26. The molecule has 0 aliphatic carbocycles. The van der Waals surface area contributed by atoms with E-state index in [1.165, 1.54) is 11.8 Å². The topological polar surface area (TPSA) is 52.0 Å². The summed E-state index contributed by atoms with van der Waals surface area (Å²) < 4.78 is 1.67. The first-order chi connectivity index (χ1) is 11.1. The lowest BCUT2D eigenvalue weighted by Gasteiger charge is -2.11.